The number of sulfone groups is 1. The van der Waals surface area contributed by atoms with Gasteiger partial charge in [-0.1, -0.05) is 0 Å². The highest BCUT2D eigenvalue weighted by molar-refractivity contribution is 7.95. The van der Waals surface area contributed by atoms with E-state index in [1.807, 2.05) is 0 Å². The zero-order chi connectivity index (χ0) is 13.1. The highest BCUT2D eigenvalue weighted by Crippen LogP contribution is 2.26. The number of hydrogen-bond donors (Lipinski definition) is 0. The molecule has 0 aliphatic carbocycles. The molecule has 1 aromatic heterocycles. The second-order valence-electron chi connectivity index (χ2n) is 3.08. The predicted molar refractivity (Wildman–Crippen MR) is 59.0 cm³/mol. The monoisotopic (exact) mass is 286 g/mol. The molecule has 0 radical (unpaired) electrons. The second-order valence-corrected chi connectivity index (χ2v) is 5.85. The lowest BCUT2D eigenvalue weighted by molar-refractivity contribution is -0.0423. The van der Waals surface area contributed by atoms with Gasteiger partial charge in [-0.2, -0.15) is 13.2 Å². The third-order valence-electron chi connectivity index (χ3n) is 1.72. The van der Waals surface area contributed by atoms with Gasteiger partial charge in [0, 0.05) is 17.4 Å². The number of halogens is 3. The van der Waals surface area contributed by atoms with Gasteiger partial charge in [-0.25, -0.2) is 8.42 Å². The molecular formula is C9H9F3O3S2. The van der Waals surface area contributed by atoms with Gasteiger partial charge in [0.2, 0.25) is 0 Å². The van der Waals surface area contributed by atoms with Crippen molar-refractivity contribution in [1.29, 1.82) is 0 Å². The predicted octanol–water partition coefficient (Wildman–Crippen LogP) is 2.80. The summed E-state index contributed by atoms with van der Waals surface area (Å²) < 4.78 is 62.3. The molecule has 0 atom stereocenters. The molecule has 0 saturated carbocycles. The van der Waals surface area contributed by atoms with Gasteiger partial charge in [0.1, 0.15) is 0 Å². The molecular weight excluding hydrogens is 277 g/mol. The van der Waals surface area contributed by atoms with E-state index in [1.54, 1.807) is 11.4 Å². The Kier molecular flexibility index (Phi) is 4.34. The molecule has 0 N–H and O–H groups in total. The van der Waals surface area contributed by atoms with Crippen LogP contribution < -0.4 is 0 Å². The van der Waals surface area contributed by atoms with E-state index in [-0.39, 0.29) is 5.41 Å². The van der Waals surface area contributed by atoms with E-state index in [0.29, 0.717) is 11.5 Å². The van der Waals surface area contributed by atoms with Crippen LogP contribution in [0.3, 0.4) is 0 Å². The van der Waals surface area contributed by atoms with Gasteiger partial charge in [-0.05, 0) is 23.1 Å². The molecule has 0 bridgehead atoms. The molecule has 3 nitrogen and oxygen atoms in total. The van der Waals surface area contributed by atoms with Crippen molar-refractivity contribution >= 4 is 27.3 Å². The number of rotatable bonds is 4. The maximum Gasteiger partial charge on any atom is 0.501 e. The maximum atomic E-state index is 12.0. The van der Waals surface area contributed by atoms with Crippen LogP contribution in [0.1, 0.15) is 10.4 Å². The number of alkyl halides is 3. The fraction of sp³-hybridized carbons (Fsp3) is 0.333. The molecule has 17 heavy (non-hydrogen) atoms. The van der Waals surface area contributed by atoms with Crippen LogP contribution in [0.2, 0.25) is 0 Å². The zero-order valence-electron chi connectivity index (χ0n) is 8.69. The fourth-order valence-electron chi connectivity index (χ4n) is 0.958. The number of ether oxygens (including phenoxy) is 1. The second kappa shape index (κ2) is 5.19. The Balaban J connectivity index is 2.84. The van der Waals surface area contributed by atoms with Crippen LogP contribution >= 0.6 is 11.3 Å². The first kappa shape index (κ1) is 14.2. The first-order chi connectivity index (χ1) is 7.76. The Hall–Kier alpha value is -0.860. The summed E-state index contributed by atoms with van der Waals surface area (Å²) in [6.07, 6.45) is 0.923. The summed E-state index contributed by atoms with van der Waals surface area (Å²) in [5.41, 5.74) is -4.47. The van der Waals surface area contributed by atoms with Gasteiger partial charge in [-0.15, -0.1) is 11.3 Å². The van der Waals surface area contributed by atoms with Crippen LogP contribution in [-0.2, 0) is 21.2 Å². The van der Waals surface area contributed by atoms with Gasteiger partial charge < -0.3 is 4.74 Å². The average molecular weight is 286 g/mol. The van der Waals surface area contributed by atoms with E-state index in [9.17, 15) is 21.6 Å². The molecule has 0 aliphatic heterocycles. The topological polar surface area (TPSA) is 43.4 Å². The van der Waals surface area contributed by atoms with Crippen LogP contribution in [0, 0.1) is 0 Å². The summed E-state index contributed by atoms with van der Waals surface area (Å²) in [6.45, 7) is 0.330. The summed E-state index contributed by atoms with van der Waals surface area (Å²) in [4.78, 5) is 0.421. The maximum absolute atomic E-state index is 12.0. The van der Waals surface area contributed by atoms with E-state index >= 15 is 0 Å². The molecule has 0 saturated heterocycles. The normalized spacial score (nSPS) is 13.4. The first-order valence-corrected chi connectivity index (χ1v) is 6.74. The molecule has 0 aromatic carbocycles. The molecule has 0 spiro atoms. The summed E-state index contributed by atoms with van der Waals surface area (Å²) >= 11 is 1.14. The Morgan fingerprint density at radius 2 is 2.12 bits per heavy atom. The van der Waals surface area contributed by atoms with Crippen LogP contribution in [0.15, 0.2) is 16.9 Å². The van der Waals surface area contributed by atoms with Crippen molar-refractivity contribution in [2.45, 2.75) is 12.1 Å². The largest absolute Gasteiger partial charge is 0.501 e. The van der Waals surface area contributed by atoms with E-state index in [0.717, 1.165) is 23.0 Å². The quantitative estimate of drug-likeness (QED) is 0.855. The summed E-state index contributed by atoms with van der Waals surface area (Å²) in [7, 11) is -3.72. The molecule has 0 unspecified atom stereocenters. The fourth-order valence-corrected chi connectivity index (χ4v) is 2.31. The van der Waals surface area contributed by atoms with Crippen LogP contribution in [0.4, 0.5) is 13.2 Å². The lowest BCUT2D eigenvalue weighted by Gasteiger charge is -2.01. The van der Waals surface area contributed by atoms with E-state index in [2.05, 4.69) is 0 Å². The first-order valence-electron chi connectivity index (χ1n) is 4.32. The Morgan fingerprint density at radius 1 is 1.47 bits per heavy atom. The summed E-state index contributed by atoms with van der Waals surface area (Å²) in [5, 5.41) is 1.85. The van der Waals surface area contributed by atoms with E-state index in [1.165, 1.54) is 7.11 Å². The number of thiophene rings is 1. The minimum absolute atomic E-state index is 0.162. The number of methoxy groups -OCH3 is 1. The van der Waals surface area contributed by atoms with Crippen molar-refractivity contribution < 1.29 is 26.3 Å². The lowest BCUT2D eigenvalue weighted by Crippen LogP contribution is -2.20. The van der Waals surface area contributed by atoms with Crippen molar-refractivity contribution in [3.8, 4) is 0 Å². The van der Waals surface area contributed by atoms with Crippen molar-refractivity contribution in [3.05, 3.63) is 27.3 Å². The Morgan fingerprint density at radius 3 is 2.65 bits per heavy atom. The molecule has 1 heterocycles. The van der Waals surface area contributed by atoms with Crippen molar-refractivity contribution in [2.24, 2.45) is 0 Å². The summed E-state index contributed by atoms with van der Waals surface area (Å²) in [5.74, 6) is 0. The Bertz CT molecular complexity index is 500. The van der Waals surface area contributed by atoms with Crippen molar-refractivity contribution in [2.75, 3.05) is 7.11 Å². The van der Waals surface area contributed by atoms with Crippen molar-refractivity contribution in [3.63, 3.8) is 0 Å². The molecule has 1 aromatic rings. The standard InChI is InChI=1S/C9H9F3O3S2/c1-15-5-7-4-8(16-6-7)2-3-17(13,14)9(10,11)12/h2-4,6H,5H2,1H3. The third kappa shape index (κ3) is 3.83. The highest BCUT2D eigenvalue weighted by Gasteiger charge is 2.43. The summed E-state index contributed by atoms with van der Waals surface area (Å²) in [6, 6.07) is 1.57. The van der Waals surface area contributed by atoms with Crippen LogP contribution in [0.5, 0.6) is 0 Å². The van der Waals surface area contributed by atoms with Crippen LogP contribution in [-0.4, -0.2) is 21.0 Å². The van der Waals surface area contributed by atoms with E-state index in [4.69, 9.17) is 4.74 Å². The molecule has 0 aliphatic rings. The van der Waals surface area contributed by atoms with Crippen molar-refractivity contribution in [1.82, 2.24) is 0 Å². The minimum Gasteiger partial charge on any atom is -0.380 e. The highest BCUT2D eigenvalue weighted by atomic mass is 32.2. The van der Waals surface area contributed by atoms with Gasteiger partial charge in [0.25, 0.3) is 9.84 Å². The third-order valence-corrected chi connectivity index (χ3v) is 3.81. The molecule has 96 valence electrons. The Labute approximate surface area is 100 Å². The van der Waals surface area contributed by atoms with Gasteiger partial charge >= 0.3 is 5.51 Å². The zero-order valence-corrected chi connectivity index (χ0v) is 10.3. The molecule has 0 fully saturated rings. The molecule has 1 rings (SSSR count). The smallest absolute Gasteiger partial charge is 0.380 e. The minimum atomic E-state index is -5.25. The van der Waals surface area contributed by atoms with Crippen LogP contribution in [0.25, 0.3) is 6.08 Å². The van der Waals surface area contributed by atoms with E-state index < -0.39 is 15.3 Å². The van der Waals surface area contributed by atoms with Gasteiger partial charge in [-0.3, -0.25) is 0 Å². The average Bonchev–Trinajstić information content (AvgIpc) is 2.62. The lowest BCUT2D eigenvalue weighted by atomic mass is 10.3. The van der Waals surface area contributed by atoms with Gasteiger partial charge in [0.05, 0.1) is 6.61 Å². The SMILES string of the molecule is COCc1csc(C=CS(=O)(=O)C(F)(F)F)c1. The molecule has 0 amide bonds. The number of hydrogen-bond acceptors (Lipinski definition) is 4. The van der Waals surface area contributed by atoms with Gasteiger partial charge in [0.15, 0.2) is 0 Å². The molecule has 8 heteroatoms.